The topological polar surface area (TPSA) is 50.2 Å². The number of hydrogen-bond acceptors (Lipinski definition) is 4. The molecule has 1 aromatic heterocycles. The summed E-state index contributed by atoms with van der Waals surface area (Å²) >= 11 is 0. The second-order valence-corrected chi connectivity index (χ2v) is 5.04. The number of hydrogen-bond donors (Lipinski definition) is 1. The molecule has 0 bridgehead atoms. The van der Waals surface area contributed by atoms with Crippen molar-refractivity contribution >= 4 is 5.69 Å². The molecule has 0 aliphatic heterocycles. The molecule has 0 spiro atoms. The van der Waals surface area contributed by atoms with Gasteiger partial charge in [-0.1, -0.05) is 20.8 Å². The number of likely N-dealkylation sites (N-methyl/N-ethyl adjacent to an activating group) is 1. The van der Waals surface area contributed by atoms with E-state index >= 15 is 0 Å². The third-order valence-corrected chi connectivity index (χ3v) is 3.01. The Labute approximate surface area is 109 Å². The lowest BCUT2D eigenvalue weighted by atomic mass is 10.0. The van der Waals surface area contributed by atoms with Crippen molar-refractivity contribution in [1.82, 2.24) is 15.1 Å². The number of anilines is 1. The SMILES string of the molecule is CCNC(Cn1ncc(N(C)C)cc1=O)C(C)C. The van der Waals surface area contributed by atoms with Crippen LogP contribution < -0.4 is 15.8 Å². The van der Waals surface area contributed by atoms with E-state index in [1.54, 1.807) is 12.3 Å². The molecule has 1 rings (SSSR count). The monoisotopic (exact) mass is 252 g/mol. The van der Waals surface area contributed by atoms with Crippen molar-refractivity contribution in [2.45, 2.75) is 33.4 Å². The zero-order valence-electron chi connectivity index (χ0n) is 12.0. The first-order valence-corrected chi connectivity index (χ1v) is 6.43. The summed E-state index contributed by atoms with van der Waals surface area (Å²) in [5, 5.41) is 7.61. The summed E-state index contributed by atoms with van der Waals surface area (Å²) in [6.07, 6.45) is 1.73. The van der Waals surface area contributed by atoms with Gasteiger partial charge in [0.1, 0.15) is 0 Å². The van der Waals surface area contributed by atoms with Crippen molar-refractivity contribution in [2.24, 2.45) is 5.92 Å². The van der Waals surface area contributed by atoms with E-state index in [9.17, 15) is 4.79 Å². The Morgan fingerprint density at radius 3 is 2.56 bits per heavy atom. The maximum Gasteiger partial charge on any atom is 0.268 e. The van der Waals surface area contributed by atoms with E-state index in [-0.39, 0.29) is 11.6 Å². The summed E-state index contributed by atoms with van der Waals surface area (Å²) in [5.74, 6) is 0.465. The van der Waals surface area contributed by atoms with Gasteiger partial charge in [-0.3, -0.25) is 4.79 Å². The molecular weight excluding hydrogens is 228 g/mol. The highest BCUT2D eigenvalue weighted by molar-refractivity contribution is 5.40. The molecule has 0 saturated heterocycles. The third kappa shape index (κ3) is 3.84. The lowest BCUT2D eigenvalue weighted by molar-refractivity contribution is 0.342. The van der Waals surface area contributed by atoms with Gasteiger partial charge in [0.15, 0.2) is 0 Å². The number of nitrogens with one attached hydrogen (secondary N) is 1. The molecule has 0 amide bonds. The molecule has 1 heterocycles. The minimum atomic E-state index is -0.0512. The molecule has 1 N–H and O–H groups in total. The molecule has 0 aliphatic carbocycles. The van der Waals surface area contributed by atoms with E-state index in [2.05, 4.69) is 31.2 Å². The molecule has 1 aromatic rings. The minimum Gasteiger partial charge on any atom is -0.376 e. The summed E-state index contributed by atoms with van der Waals surface area (Å²) in [4.78, 5) is 13.8. The van der Waals surface area contributed by atoms with Crippen LogP contribution in [0.4, 0.5) is 5.69 Å². The highest BCUT2D eigenvalue weighted by Crippen LogP contribution is 2.06. The normalized spacial score (nSPS) is 12.8. The molecule has 5 heteroatoms. The van der Waals surface area contributed by atoms with Gasteiger partial charge in [0.2, 0.25) is 0 Å². The van der Waals surface area contributed by atoms with Crippen molar-refractivity contribution < 1.29 is 0 Å². The quantitative estimate of drug-likeness (QED) is 0.819. The van der Waals surface area contributed by atoms with Gasteiger partial charge in [-0.2, -0.15) is 5.10 Å². The Kier molecular flexibility index (Phi) is 5.34. The van der Waals surface area contributed by atoms with E-state index in [1.165, 1.54) is 4.68 Å². The predicted molar refractivity (Wildman–Crippen MR) is 75.1 cm³/mol. The number of rotatable bonds is 6. The molecular formula is C13H24N4O. The number of nitrogens with zero attached hydrogens (tertiary/aromatic N) is 3. The van der Waals surface area contributed by atoms with E-state index < -0.39 is 0 Å². The Morgan fingerprint density at radius 2 is 2.11 bits per heavy atom. The van der Waals surface area contributed by atoms with Crippen LogP contribution in [-0.2, 0) is 6.54 Å². The van der Waals surface area contributed by atoms with Crippen molar-refractivity contribution in [3.8, 4) is 0 Å². The van der Waals surface area contributed by atoms with Crippen molar-refractivity contribution in [3.05, 3.63) is 22.6 Å². The predicted octanol–water partition coefficient (Wildman–Crippen LogP) is 0.943. The van der Waals surface area contributed by atoms with E-state index in [1.807, 2.05) is 19.0 Å². The molecule has 1 atom stereocenters. The largest absolute Gasteiger partial charge is 0.376 e. The second-order valence-electron chi connectivity index (χ2n) is 5.04. The molecule has 102 valence electrons. The van der Waals surface area contributed by atoms with E-state index in [0.29, 0.717) is 12.5 Å². The Bertz CT molecular complexity index is 425. The number of aromatic nitrogens is 2. The Hall–Kier alpha value is -1.36. The van der Waals surface area contributed by atoms with Gasteiger partial charge in [-0.25, -0.2) is 4.68 Å². The lowest BCUT2D eigenvalue weighted by Gasteiger charge is -2.22. The summed E-state index contributed by atoms with van der Waals surface area (Å²) in [5.41, 5.74) is 0.783. The molecule has 5 nitrogen and oxygen atoms in total. The molecule has 18 heavy (non-hydrogen) atoms. The van der Waals surface area contributed by atoms with E-state index in [0.717, 1.165) is 12.2 Å². The van der Waals surface area contributed by atoms with Crippen molar-refractivity contribution in [1.29, 1.82) is 0 Å². The second kappa shape index (κ2) is 6.54. The molecule has 0 aliphatic rings. The van der Waals surface area contributed by atoms with Crippen LogP contribution >= 0.6 is 0 Å². The molecule has 0 fully saturated rings. The summed E-state index contributed by atoms with van der Waals surface area (Å²) in [7, 11) is 3.80. The first-order valence-electron chi connectivity index (χ1n) is 6.43. The van der Waals surface area contributed by atoms with Crippen LogP contribution in [0.15, 0.2) is 17.1 Å². The summed E-state index contributed by atoms with van der Waals surface area (Å²) < 4.78 is 1.53. The molecule has 1 unspecified atom stereocenters. The maximum atomic E-state index is 12.0. The first-order chi connectivity index (χ1) is 8.45. The van der Waals surface area contributed by atoms with Crippen LogP contribution in [0.2, 0.25) is 0 Å². The summed E-state index contributed by atoms with van der Waals surface area (Å²) in [6.45, 7) is 7.87. The average Bonchev–Trinajstić information content (AvgIpc) is 2.30. The van der Waals surface area contributed by atoms with Gasteiger partial charge >= 0.3 is 0 Å². The van der Waals surface area contributed by atoms with Gasteiger partial charge in [-0.05, 0) is 12.5 Å². The third-order valence-electron chi connectivity index (χ3n) is 3.01. The van der Waals surface area contributed by atoms with Crippen LogP contribution in [0, 0.1) is 5.92 Å². The van der Waals surface area contributed by atoms with Crippen LogP contribution in [-0.4, -0.2) is 36.5 Å². The van der Waals surface area contributed by atoms with E-state index in [4.69, 9.17) is 0 Å². The highest BCUT2D eigenvalue weighted by Gasteiger charge is 2.14. The highest BCUT2D eigenvalue weighted by atomic mass is 16.1. The smallest absolute Gasteiger partial charge is 0.268 e. The summed E-state index contributed by atoms with van der Waals surface area (Å²) in [6, 6.07) is 1.89. The molecule has 0 saturated carbocycles. The van der Waals surface area contributed by atoms with Crippen LogP contribution in [0.5, 0.6) is 0 Å². The fraction of sp³-hybridized carbons (Fsp3) is 0.692. The van der Waals surface area contributed by atoms with Crippen LogP contribution in [0.3, 0.4) is 0 Å². The standard InChI is InChI=1S/C13H24N4O/c1-6-14-12(10(2)3)9-17-13(18)7-11(8-15-17)16(4)5/h7-8,10,12,14H,6,9H2,1-5H3. The fourth-order valence-corrected chi connectivity index (χ4v) is 1.77. The Balaban J connectivity index is 2.87. The van der Waals surface area contributed by atoms with Gasteiger partial charge in [0.05, 0.1) is 18.4 Å². The average molecular weight is 252 g/mol. The van der Waals surface area contributed by atoms with Gasteiger partial charge in [-0.15, -0.1) is 0 Å². The minimum absolute atomic E-state index is 0.0512. The fourth-order valence-electron chi connectivity index (χ4n) is 1.77. The van der Waals surface area contributed by atoms with Gasteiger partial charge < -0.3 is 10.2 Å². The Morgan fingerprint density at radius 1 is 1.44 bits per heavy atom. The van der Waals surface area contributed by atoms with Crippen LogP contribution in [0.1, 0.15) is 20.8 Å². The molecule has 0 aromatic carbocycles. The maximum absolute atomic E-state index is 12.0. The molecule has 0 radical (unpaired) electrons. The van der Waals surface area contributed by atoms with Crippen LogP contribution in [0.25, 0.3) is 0 Å². The van der Waals surface area contributed by atoms with Gasteiger partial charge in [0, 0.05) is 26.2 Å². The zero-order valence-corrected chi connectivity index (χ0v) is 12.0. The van der Waals surface area contributed by atoms with Crippen molar-refractivity contribution in [3.63, 3.8) is 0 Å². The lowest BCUT2D eigenvalue weighted by Crippen LogP contribution is -2.40. The van der Waals surface area contributed by atoms with Gasteiger partial charge in [0.25, 0.3) is 5.56 Å². The first kappa shape index (κ1) is 14.7. The van der Waals surface area contributed by atoms with Crippen molar-refractivity contribution in [2.75, 3.05) is 25.5 Å². The zero-order chi connectivity index (χ0) is 13.7.